The van der Waals surface area contributed by atoms with Gasteiger partial charge in [0, 0.05) is 0 Å². The Morgan fingerprint density at radius 2 is 0.589 bits per heavy atom. The second kappa shape index (κ2) is 56.8. The van der Waals surface area contributed by atoms with Crippen LogP contribution in [0.2, 0.25) is 0 Å². The molecule has 1 unspecified atom stereocenters. The highest BCUT2D eigenvalue weighted by Crippen LogP contribution is 2.25. The number of allylic oxidation sites excluding steroid dienone is 2. The molecule has 432 valence electrons. The molecule has 6 nitrogen and oxygen atoms in total. The maximum absolute atomic E-state index is 12.5. The second-order valence-corrected chi connectivity index (χ2v) is 23.9. The molecule has 1 aliphatic heterocycles. The zero-order valence-electron chi connectivity index (χ0n) is 49.2. The Labute approximate surface area is 455 Å². The fourth-order valence-electron chi connectivity index (χ4n) is 11.1. The number of carbonyl (C=O) groups excluding carboxylic acids is 2. The maximum atomic E-state index is 12.5. The van der Waals surface area contributed by atoms with E-state index in [2.05, 4.69) is 19.1 Å². The Hall–Kier alpha value is -1.40. The molecule has 0 radical (unpaired) electrons. The molecule has 0 aromatic heterocycles. The standard InChI is InChI=1S/C67H128O6/c1-2-3-4-5-6-7-8-9-10-11-12-13-14-15-16-17-18-19-20-21-22-23-24-25-26-27-28-29-30-31-32-33-34-35-36-37-38-39-40-41-42-43-44-45-46-47-48-49-50-51-52-53-54-55-56-57-58-64-59-65(70)72-62-67(60-68,61-69)63-73-66(64)71/h19-20,64,68-69H,2-18,21-63H2,1H3/b20-19+. The third-order valence-electron chi connectivity index (χ3n) is 16.5. The van der Waals surface area contributed by atoms with E-state index in [0.717, 1.165) is 19.3 Å². The molecule has 1 fully saturated rings. The van der Waals surface area contributed by atoms with Crippen LogP contribution in [0.3, 0.4) is 0 Å². The molecule has 1 rings (SSSR count). The predicted octanol–water partition coefficient (Wildman–Crippen LogP) is 21.1. The lowest BCUT2D eigenvalue weighted by Crippen LogP contribution is -2.40. The van der Waals surface area contributed by atoms with Gasteiger partial charge in [0.15, 0.2) is 0 Å². The van der Waals surface area contributed by atoms with E-state index in [1.165, 1.54) is 327 Å². The molecular formula is C67H128O6. The lowest BCUT2D eigenvalue weighted by Gasteiger charge is -2.27. The van der Waals surface area contributed by atoms with Crippen molar-refractivity contribution in [2.24, 2.45) is 11.3 Å². The SMILES string of the molecule is CCCCCCCCCCCCCCCCCC/C=C/CCCCCCCCCCCCCCCCCCCCCCCCCCCCCCCCCCCCCCC1CC(=O)OCC(CO)(CO)COC1=O. The summed E-state index contributed by atoms with van der Waals surface area (Å²) in [7, 11) is 0. The molecule has 2 N–H and O–H groups in total. The quantitative estimate of drug-likeness (QED) is 0.0358. The van der Waals surface area contributed by atoms with Gasteiger partial charge in [-0.2, -0.15) is 0 Å². The van der Waals surface area contributed by atoms with E-state index in [-0.39, 0.29) is 19.6 Å². The zero-order valence-corrected chi connectivity index (χ0v) is 49.2. The first-order valence-electron chi connectivity index (χ1n) is 33.3. The van der Waals surface area contributed by atoms with Gasteiger partial charge in [0.1, 0.15) is 13.2 Å². The molecule has 6 heteroatoms. The summed E-state index contributed by atoms with van der Waals surface area (Å²) in [6.45, 7) is 1.21. The molecule has 0 amide bonds. The number of hydrogen-bond donors (Lipinski definition) is 2. The summed E-state index contributed by atoms with van der Waals surface area (Å²) < 4.78 is 10.6. The topological polar surface area (TPSA) is 93.1 Å². The van der Waals surface area contributed by atoms with Crippen molar-refractivity contribution in [1.29, 1.82) is 0 Å². The smallest absolute Gasteiger partial charge is 0.309 e. The number of hydrogen-bond acceptors (Lipinski definition) is 6. The molecule has 1 heterocycles. The van der Waals surface area contributed by atoms with E-state index in [1.807, 2.05) is 0 Å². The van der Waals surface area contributed by atoms with Crippen LogP contribution in [0.15, 0.2) is 12.2 Å². The highest BCUT2D eigenvalue weighted by atomic mass is 16.6. The summed E-state index contributed by atoms with van der Waals surface area (Å²) >= 11 is 0. The van der Waals surface area contributed by atoms with Gasteiger partial charge in [-0.05, 0) is 32.1 Å². The summed E-state index contributed by atoms with van der Waals surface area (Å²) in [5.74, 6) is -1.40. The molecule has 73 heavy (non-hydrogen) atoms. The van der Waals surface area contributed by atoms with Gasteiger partial charge in [-0.1, -0.05) is 340 Å². The largest absolute Gasteiger partial charge is 0.465 e. The van der Waals surface area contributed by atoms with Gasteiger partial charge >= 0.3 is 11.9 Å². The number of cyclic esters (lactones) is 2. The monoisotopic (exact) mass is 1030 g/mol. The molecular weight excluding hydrogens is 901 g/mol. The van der Waals surface area contributed by atoms with E-state index in [9.17, 15) is 19.8 Å². The maximum Gasteiger partial charge on any atom is 0.309 e. The molecule has 0 bridgehead atoms. The average molecular weight is 1030 g/mol. The molecule has 0 saturated carbocycles. The second-order valence-electron chi connectivity index (χ2n) is 23.9. The lowest BCUT2D eigenvalue weighted by molar-refractivity contribution is -0.155. The van der Waals surface area contributed by atoms with E-state index in [0.29, 0.717) is 6.42 Å². The summed E-state index contributed by atoms with van der Waals surface area (Å²) in [6.07, 6.45) is 81.6. The average Bonchev–Trinajstić information content (AvgIpc) is 3.46. The van der Waals surface area contributed by atoms with Gasteiger partial charge in [0.05, 0.1) is 31.0 Å². The molecule has 1 saturated heterocycles. The minimum absolute atomic E-state index is 0.00500. The van der Waals surface area contributed by atoms with Crippen molar-refractivity contribution in [2.45, 2.75) is 366 Å². The summed E-state index contributed by atoms with van der Waals surface area (Å²) in [5.41, 5.74) is -1.12. The van der Waals surface area contributed by atoms with Crippen LogP contribution in [-0.2, 0) is 19.1 Å². The third-order valence-corrected chi connectivity index (χ3v) is 16.5. The van der Waals surface area contributed by atoms with Crippen LogP contribution < -0.4 is 0 Å². The van der Waals surface area contributed by atoms with E-state index in [1.54, 1.807) is 0 Å². The van der Waals surface area contributed by atoms with Crippen molar-refractivity contribution in [1.82, 2.24) is 0 Å². The number of unbranched alkanes of at least 4 members (excludes halogenated alkanes) is 52. The van der Waals surface area contributed by atoms with Crippen LogP contribution in [0, 0.1) is 11.3 Å². The number of aliphatic hydroxyl groups excluding tert-OH is 2. The Morgan fingerprint density at radius 1 is 0.356 bits per heavy atom. The van der Waals surface area contributed by atoms with Crippen molar-refractivity contribution >= 4 is 11.9 Å². The summed E-state index contributed by atoms with van der Waals surface area (Å²) in [6, 6.07) is 0. The van der Waals surface area contributed by atoms with Crippen LogP contribution in [0.25, 0.3) is 0 Å². The molecule has 0 spiro atoms. The first-order chi connectivity index (χ1) is 36.1. The van der Waals surface area contributed by atoms with Gasteiger partial charge in [0.2, 0.25) is 0 Å². The first-order valence-corrected chi connectivity index (χ1v) is 33.3. The van der Waals surface area contributed by atoms with Crippen molar-refractivity contribution in [3.05, 3.63) is 12.2 Å². The number of aliphatic hydroxyl groups is 2. The molecule has 0 aromatic carbocycles. The van der Waals surface area contributed by atoms with Crippen LogP contribution in [0.1, 0.15) is 366 Å². The van der Waals surface area contributed by atoms with Crippen LogP contribution in [-0.4, -0.2) is 48.6 Å². The minimum Gasteiger partial charge on any atom is -0.465 e. The highest BCUT2D eigenvalue weighted by Gasteiger charge is 2.36. The van der Waals surface area contributed by atoms with E-state index >= 15 is 0 Å². The van der Waals surface area contributed by atoms with Crippen molar-refractivity contribution in [2.75, 3.05) is 26.4 Å². The highest BCUT2D eigenvalue weighted by molar-refractivity contribution is 5.80. The first kappa shape index (κ1) is 69.6. The predicted molar refractivity (Wildman–Crippen MR) is 315 cm³/mol. The normalized spacial score (nSPS) is 15.2. The van der Waals surface area contributed by atoms with Gasteiger partial charge < -0.3 is 19.7 Å². The van der Waals surface area contributed by atoms with E-state index < -0.39 is 36.5 Å². The van der Waals surface area contributed by atoms with Gasteiger partial charge in [-0.25, -0.2) is 0 Å². The van der Waals surface area contributed by atoms with E-state index in [4.69, 9.17) is 9.47 Å². The third kappa shape index (κ3) is 48.7. The minimum atomic E-state index is -1.12. The van der Waals surface area contributed by atoms with Gasteiger partial charge in [0.25, 0.3) is 0 Å². The molecule has 1 atom stereocenters. The number of esters is 2. The van der Waals surface area contributed by atoms with Crippen LogP contribution in [0.4, 0.5) is 0 Å². The van der Waals surface area contributed by atoms with Crippen LogP contribution in [0.5, 0.6) is 0 Å². The van der Waals surface area contributed by atoms with Crippen molar-refractivity contribution in [3.63, 3.8) is 0 Å². The Kier molecular flexibility index (Phi) is 54.2. The van der Waals surface area contributed by atoms with Gasteiger partial charge in [-0.15, -0.1) is 0 Å². The molecule has 0 aromatic rings. The zero-order chi connectivity index (χ0) is 52.5. The summed E-state index contributed by atoms with van der Waals surface area (Å²) in [5, 5.41) is 19.2. The Balaban J connectivity index is 1.67. The van der Waals surface area contributed by atoms with Crippen LogP contribution >= 0.6 is 0 Å². The lowest BCUT2D eigenvalue weighted by atomic mass is 9.92. The Morgan fingerprint density at radius 3 is 0.849 bits per heavy atom. The van der Waals surface area contributed by atoms with Crippen molar-refractivity contribution < 1.29 is 29.3 Å². The Bertz CT molecular complexity index is 1150. The summed E-state index contributed by atoms with van der Waals surface area (Å²) in [4.78, 5) is 24.7. The number of ether oxygens (including phenoxy) is 2. The van der Waals surface area contributed by atoms with Gasteiger partial charge in [-0.3, -0.25) is 9.59 Å². The fraction of sp³-hybridized carbons (Fsp3) is 0.940. The molecule has 1 aliphatic rings. The van der Waals surface area contributed by atoms with Crippen molar-refractivity contribution in [3.8, 4) is 0 Å². The number of carbonyl (C=O) groups is 2. The number of rotatable bonds is 58. The molecule has 0 aliphatic carbocycles. The fourth-order valence-corrected chi connectivity index (χ4v) is 11.1.